The van der Waals surface area contributed by atoms with Gasteiger partial charge in [-0.25, -0.2) is 14.4 Å². The van der Waals surface area contributed by atoms with E-state index in [2.05, 4.69) is 30.4 Å². The first-order valence-electron chi connectivity index (χ1n) is 10.6. The molecular formula is C26H22FN3OS. The zero-order valence-electron chi connectivity index (χ0n) is 17.6. The predicted molar refractivity (Wildman–Crippen MR) is 129 cm³/mol. The lowest BCUT2D eigenvalue weighted by Crippen LogP contribution is -2.06. The quantitative estimate of drug-likeness (QED) is 0.272. The number of anilines is 1. The number of furan rings is 1. The summed E-state index contributed by atoms with van der Waals surface area (Å²) in [5, 5.41) is 4.54. The van der Waals surface area contributed by atoms with Crippen LogP contribution in [-0.4, -0.2) is 16.5 Å². The van der Waals surface area contributed by atoms with Crippen molar-refractivity contribution in [2.24, 2.45) is 0 Å². The number of hydrogen-bond acceptors (Lipinski definition) is 5. The average Bonchev–Trinajstić information content (AvgIpc) is 3.47. The van der Waals surface area contributed by atoms with Crippen LogP contribution in [0.4, 0.5) is 10.2 Å². The van der Waals surface area contributed by atoms with Crippen molar-refractivity contribution < 1.29 is 8.81 Å². The van der Waals surface area contributed by atoms with Crippen molar-refractivity contribution in [3.8, 4) is 22.5 Å². The lowest BCUT2D eigenvalue weighted by molar-refractivity contribution is 0.568. The van der Waals surface area contributed by atoms with Gasteiger partial charge in [-0.3, -0.25) is 0 Å². The summed E-state index contributed by atoms with van der Waals surface area (Å²) in [5.74, 6) is 1.32. The Morgan fingerprint density at radius 3 is 2.62 bits per heavy atom. The Morgan fingerprint density at radius 2 is 1.84 bits per heavy atom. The van der Waals surface area contributed by atoms with Gasteiger partial charge in [0.2, 0.25) is 0 Å². The second-order valence-electron chi connectivity index (χ2n) is 7.69. The second kappa shape index (κ2) is 8.93. The van der Waals surface area contributed by atoms with E-state index in [-0.39, 0.29) is 5.82 Å². The Bertz CT molecular complexity index is 1340. The van der Waals surface area contributed by atoms with Crippen LogP contribution in [0.1, 0.15) is 16.9 Å². The summed E-state index contributed by atoms with van der Waals surface area (Å²) in [5.41, 5.74) is 3.63. The Balaban J connectivity index is 1.25. The van der Waals surface area contributed by atoms with Gasteiger partial charge in [0, 0.05) is 17.0 Å². The molecule has 0 unspecified atom stereocenters. The minimum Gasteiger partial charge on any atom is -0.472 e. The highest BCUT2D eigenvalue weighted by molar-refractivity contribution is 7.18. The highest BCUT2D eigenvalue weighted by Crippen LogP contribution is 2.31. The molecule has 0 saturated heterocycles. The molecule has 2 aromatic carbocycles. The van der Waals surface area contributed by atoms with Gasteiger partial charge in [0.15, 0.2) is 5.82 Å². The van der Waals surface area contributed by atoms with E-state index in [1.54, 1.807) is 36.0 Å². The van der Waals surface area contributed by atoms with Gasteiger partial charge >= 0.3 is 0 Å². The van der Waals surface area contributed by atoms with Gasteiger partial charge in [0.05, 0.1) is 17.2 Å². The fraction of sp³-hybridized carbons (Fsp3) is 0.154. The lowest BCUT2D eigenvalue weighted by atomic mass is 10.0. The van der Waals surface area contributed by atoms with E-state index in [0.29, 0.717) is 11.4 Å². The maximum absolute atomic E-state index is 14.0. The van der Waals surface area contributed by atoms with Crippen molar-refractivity contribution >= 4 is 27.4 Å². The van der Waals surface area contributed by atoms with Crippen LogP contribution < -0.4 is 5.32 Å². The van der Waals surface area contributed by atoms with Crippen LogP contribution in [0.15, 0.2) is 77.6 Å². The summed E-state index contributed by atoms with van der Waals surface area (Å²) in [6.07, 6.45) is 5.17. The van der Waals surface area contributed by atoms with Crippen molar-refractivity contribution in [1.82, 2.24) is 9.97 Å². The summed E-state index contributed by atoms with van der Waals surface area (Å²) in [4.78, 5) is 11.6. The smallest absolute Gasteiger partial charge is 0.166 e. The number of aromatic nitrogens is 2. The molecule has 4 nitrogen and oxygen atoms in total. The lowest BCUT2D eigenvalue weighted by Gasteiger charge is -2.09. The van der Waals surface area contributed by atoms with Crippen molar-refractivity contribution in [2.45, 2.75) is 19.8 Å². The molecule has 32 heavy (non-hydrogen) atoms. The summed E-state index contributed by atoms with van der Waals surface area (Å²) >= 11 is 1.67. The van der Waals surface area contributed by atoms with Crippen LogP contribution >= 0.6 is 11.3 Å². The number of halogens is 1. The van der Waals surface area contributed by atoms with E-state index >= 15 is 0 Å². The average molecular weight is 444 g/mol. The third-order valence-electron chi connectivity index (χ3n) is 5.37. The number of benzene rings is 2. The summed E-state index contributed by atoms with van der Waals surface area (Å²) in [7, 11) is 0. The number of rotatable bonds is 7. The molecule has 0 atom stereocenters. The molecule has 0 spiro atoms. The summed E-state index contributed by atoms with van der Waals surface area (Å²) in [6.45, 7) is 2.87. The first-order valence-corrected chi connectivity index (χ1v) is 11.4. The highest BCUT2D eigenvalue weighted by atomic mass is 32.1. The fourth-order valence-electron chi connectivity index (χ4n) is 3.74. The standard InChI is InChI=1S/C26H22FN3OS/c1-17-15-22-25(29-24(30-26(22)32-17)20-12-14-31-16-20)28-13-4-5-18-8-10-19(11-9-18)21-6-2-3-7-23(21)27/h2-3,6-12,14-16H,4-5,13H2,1H3,(H,28,29,30). The molecule has 0 bridgehead atoms. The molecule has 0 saturated carbocycles. The molecule has 5 aromatic rings. The van der Waals surface area contributed by atoms with Crippen molar-refractivity contribution in [1.29, 1.82) is 0 Å². The van der Waals surface area contributed by atoms with Crippen molar-refractivity contribution in [3.63, 3.8) is 0 Å². The molecular weight excluding hydrogens is 421 g/mol. The van der Waals surface area contributed by atoms with E-state index in [0.717, 1.165) is 46.5 Å². The van der Waals surface area contributed by atoms with E-state index in [1.807, 2.05) is 24.3 Å². The Labute approximate surface area is 189 Å². The topological polar surface area (TPSA) is 51.0 Å². The van der Waals surface area contributed by atoms with E-state index in [1.165, 1.54) is 16.5 Å². The van der Waals surface area contributed by atoms with Crippen molar-refractivity contribution in [2.75, 3.05) is 11.9 Å². The maximum Gasteiger partial charge on any atom is 0.166 e. The molecule has 0 amide bonds. The Kier molecular flexibility index (Phi) is 5.69. The van der Waals surface area contributed by atoms with E-state index in [4.69, 9.17) is 14.4 Å². The molecule has 0 aliphatic carbocycles. The second-order valence-corrected chi connectivity index (χ2v) is 8.93. The van der Waals surface area contributed by atoms with Crippen LogP contribution in [-0.2, 0) is 6.42 Å². The van der Waals surface area contributed by atoms with Gasteiger partial charge in [-0.05, 0) is 49.1 Å². The normalized spacial score (nSPS) is 11.2. The fourth-order valence-corrected chi connectivity index (χ4v) is 4.62. The van der Waals surface area contributed by atoms with Crippen LogP contribution in [0.2, 0.25) is 0 Å². The Morgan fingerprint density at radius 1 is 1.00 bits per heavy atom. The summed E-state index contributed by atoms with van der Waals surface area (Å²) < 4.78 is 19.2. The molecule has 3 aromatic heterocycles. The number of nitrogens with zero attached hydrogens (tertiary/aromatic N) is 2. The summed E-state index contributed by atoms with van der Waals surface area (Å²) in [6, 6.07) is 19.0. The predicted octanol–water partition coefficient (Wildman–Crippen LogP) is 7.11. The Hall–Kier alpha value is -3.51. The van der Waals surface area contributed by atoms with E-state index < -0.39 is 0 Å². The number of thiophene rings is 1. The molecule has 5 rings (SSSR count). The monoisotopic (exact) mass is 443 g/mol. The molecule has 6 heteroatoms. The molecule has 0 aliphatic rings. The molecule has 160 valence electrons. The van der Waals surface area contributed by atoms with Gasteiger partial charge < -0.3 is 9.73 Å². The van der Waals surface area contributed by atoms with Gasteiger partial charge in [-0.15, -0.1) is 11.3 Å². The zero-order chi connectivity index (χ0) is 21.9. The molecule has 0 radical (unpaired) electrons. The molecule has 0 fully saturated rings. The number of hydrogen-bond donors (Lipinski definition) is 1. The first kappa shape index (κ1) is 20.4. The molecule has 0 aliphatic heterocycles. The highest BCUT2D eigenvalue weighted by Gasteiger charge is 2.12. The number of aryl methyl sites for hydroxylation is 2. The van der Waals surface area contributed by atoms with E-state index in [9.17, 15) is 4.39 Å². The molecule has 3 heterocycles. The minimum atomic E-state index is -0.195. The largest absolute Gasteiger partial charge is 0.472 e. The third kappa shape index (κ3) is 4.27. The first-order chi connectivity index (χ1) is 15.7. The van der Waals surface area contributed by atoms with Crippen LogP contribution in [0.3, 0.4) is 0 Å². The van der Waals surface area contributed by atoms with Gasteiger partial charge in [0.25, 0.3) is 0 Å². The van der Waals surface area contributed by atoms with Gasteiger partial charge in [-0.2, -0.15) is 0 Å². The number of nitrogens with one attached hydrogen (secondary N) is 1. The van der Waals surface area contributed by atoms with Crippen LogP contribution in [0.5, 0.6) is 0 Å². The van der Waals surface area contributed by atoms with Gasteiger partial charge in [0.1, 0.15) is 22.7 Å². The SMILES string of the molecule is Cc1cc2c(NCCCc3ccc(-c4ccccc4F)cc3)nc(-c3ccoc3)nc2s1. The number of fused-ring (bicyclic) bond motifs is 1. The van der Waals surface area contributed by atoms with Gasteiger partial charge in [-0.1, -0.05) is 42.5 Å². The third-order valence-corrected chi connectivity index (χ3v) is 6.31. The zero-order valence-corrected chi connectivity index (χ0v) is 18.5. The van der Waals surface area contributed by atoms with Crippen molar-refractivity contribution in [3.05, 3.63) is 89.4 Å². The van der Waals surface area contributed by atoms with Crippen LogP contribution in [0.25, 0.3) is 32.7 Å². The molecule has 1 N–H and O–H groups in total. The minimum absolute atomic E-state index is 0.195. The van der Waals surface area contributed by atoms with Crippen LogP contribution in [0, 0.1) is 12.7 Å². The maximum atomic E-state index is 14.0.